The molecule has 124 valence electrons. The van der Waals surface area contributed by atoms with E-state index >= 15 is 0 Å². The minimum Gasteiger partial charge on any atom is -0.452 e. The Hall–Kier alpha value is -2.93. The van der Waals surface area contributed by atoms with Crippen molar-refractivity contribution in [3.63, 3.8) is 0 Å². The van der Waals surface area contributed by atoms with Crippen LogP contribution >= 0.6 is 11.3 Å². The number of carbonyl (C=O) groups is 3. The van der Waals surface area contributed by atoms with Crippen LogP contribution in [-0.2, 0) is 14.3 Å². The Kier molecular flexibility index (Phi) is 5.86. The summed E-state index contributed by atoms with van der Waals surface area (Å²) in [4.78, 5) is 34.5. The van der Waals surface area contributed by atoms with E-state index in [1.54, 1.807) is 11.5 Å². The van der Waals surface area contributed by atoms with Gasteiger partial charge < -0.3 is 15.8 Å². The van der Waals surface area contributed by atoms with Crippen molar-refractivity contribution in [3.05, 3.63) is 58.5 Å². The molecule has 0 bridgehead atoms. The van der Waals surface area contributed by atoms with Crippen LogP contribution in [0.4, 0.5) is 5.00 Å². The van der Waals surface area contributed by atoms with Crippen LogP contribution in [0.2, 0.25) is 0 Å². The first-order valence-electron chi connectivity index (χ1n) is 7.04. The Morgan fingerprint density at radius 3 is 2.58 bits per heavy atom. The summed E-state index contributed by atoms with van der Waals surface area (Å²) in [6, 6.07) is 9.10. The molecule has 0 radical (unpaired) electrons. The van der Waals surface area contributed by atoms with Crippen molar-refractivity contribution < 1.29 is 19.1 Å². The fraction of sp³-hybridized carbons (Fsp3) is 0.118. The summed E-state index contributed by atoms with van der Waals surface area (Å²) in [6.07, 6.45) is 2.85. The largest absolute Gasteiger partial charge is 0.452 e. The van der Waals surface area contributed by atoms with Crippen LogP contribution in [0, 0.1) is 6.92 Å². The molecule has 0 spiro atoms. The molecular weight excluding hydrogens is 328 g/mol. The third-order valence-electron chi connectivity index (χ3n) is 3.02. The maximum absolute atomic E-state index is 11.7. The van der Waals surface area contributed by atoms with Crippen molar-refractivity contribution in [2.45, 2.75) is 6.92 Å². The van der Waals surface area contributed by atoms with E-state index in [9.17, 15) is 14.4 Å². The molecule has 1 aromatic heterocycles. The number of anilines is 1. The smallest absolute Gasteiger partial charge is 0.331 e. The summed E-state index contributed by atoms with van der Waals surface area (Å²) in [5.74, 6) is -1.81. The molecule has 1 aromatic carbocycles. The van der Waals surface area contributed by atoms with Gasteiger partial charge in [0.05, 0.1) is 5.56 Å². The topological polar surface area (TPSA) is 98.5 Å². The molecule has 0 aliphatic heterocycles. The lowest BCUT2D eigenvalue weighted by atomic mass is 10.1. The molecule has 0 atom stereocenters. The van der Waals surface area contributed by atoms with Gasteiger partial charge in [0.1, 0.15) is 5.00 Å². The van der Waals surface area contributed by atoms with E-state index in [2.05, 4.69) is 5.32 Å². The summed E-state index contributed by atoms with van der Waals surface area (Å²) in [5.41, 5.74) is 7.38. The molecular formula is C17H16N2O4S. The first-order chi connectivity index (χ1) is 11.5. The van der Waals surface area contributed by atoms with Gasteiger partial charge in [-0.05, 0) is 30.0 Å². The van der Waals surface area contributed by atoms with Gasteiger partial charge in [0, 0.05) is 6.08 Å². The first kappa shape index (κ1) is 17.4. The van der Waals surface area contributed by atoms with Crippen molar-refractivity contribution in [2.24, 2.45) is 5.73 Å². The standard InChI is InChI=1S/C17H16N2O4S/c1-11-2-4-12(5-3-11)6-7-15(21)23-10-14(20)19-17-13(16(18)22)8-9-24-17/h2-9H,10H2,1H3,(H2,18,22)(H,19,20)/b7-6+. The van der Waals surface area contributed by atoms with Gasteiger partial charge in [-0.1, -0.05) is 29.8 Å². The van der Waals surface area contributed by atoms with E-state index < -0.39 is 24.4 Å². The number of nitrogens with one attached hydrogen (secondary N) is 1. The van der Waals surface area contributed by atoms with Crippen LogP contribution in [-0.4, -0.2) is 24.4 Å². The normalized spacial score (nSPS) is 10.5. The van der Waals surface area contributed by atoms with Crippen molar-refractivity contribution >= 4 is 40.2 Å². The second-order valence-electron chi connectivity index (χ2n) is 4.93. The minimum absolute atomic E-state index is 0.221. The maximum atomic E-state index is 11.7. The van der Waals surface area contributed by atoms with E-state index in [0.717, 1.165) is 22.5 Å². The molecule has 0 unspecified atom stereocenters. The summed E-state index contributed by atoms with van der Waals surface area (Å²) < 4.78 is 4.85. The first-order valence-corrected chi connectivity index (χ1v) is 7.92. The Labute approximate surface area is 142 Å². The average Bonchev–Trinajstić information content (AvgIpc) is 3.00. The van der Waals surface area contributed by atoms with E-state index in [0.29, 0.717) is 5.00 Å². The highest BCUT2D eigenvalue weighted by Crippen LogP contribution is 2.22. The van der Waals surface area contributed by atoms with Crippen LogP contribution in [0.25, 0.3) is 6.08 Å². The number of rotatable bonds is 6. The molecule has 0 aliphatic rings. The number of aryl methyl sites for hydroxylation is 1. The fourth-order valence-electron chi connectivity index (χ4n) is 1.79. The number of benzene rings is 1. The second-order valence-corrected chi connectivity index (χ2v) is 5.84. The third-order valence-corrected chi connectivity index (χ3v) is 3.85. The van der Waals surface area contributed by atoms with Crippen LogP contribution in [0.15, 0.2) is 41.8 Å². The minimum atomic E-state index is -0.635. The predicted octanol–water partition coefficient (Wildman–Crippen LogP) is 2.35. The van der Waals surface area contributed by atoms with Crippen LogP contribution in [0.1, 0.15) is 21.5 Å². The molecule has 24 heavy (non-hydrogen) atoms. The van der Waals surface area contributed by atoms with Gasteiger partial charge in [0.15, 0.2) is 6.61 Å². The Morgan fingerprint density at radius 1 is 1.21 bits per heavy atom. The zero-order valence-electron chi connectivity index (χ0n) is 12.9. The van der Waals surface area contributed by atoms with E-state index in [1.165, 1.54) is 12.1 Å². The average molecular weight is 344 g/mol. The van der Waals surface area contributed by atoms with Gasteiger partial charge >= 0.3 is 5.97 Å². The number of ether oxygens (including phenoxy) is 1. The van der Waals surface area contributed by atoms with Crippen molar-refractivity contribution in [2.75, 3.05) is 11.9 Å². The number of hydrogen-bond donors (Lipinski definition) is 2. The molecule has 0 aliphatic carbocycles. The highest BCUT2D eigenvalue weighted by molar-refractivity contribution is 7.14. The molecule has 6 nitrogen and oxygen atoms in total. The summed E-state index contributed by atoms with van der Waals surface area (Å²) >= 11 is 1.16. The molecule has 3 N–H and O–H groups in total. The quantitative estimate of drug-likeness (QED) is 0.621. The van der Waals surface area contributed by atoms with Gasteiger partial charge in [-0.25, -0.2) is 4.79 Å². The zero-order valence-corrected chi connectivity index (χ0v) is 13.8. The summed E-state index contributed by atoms with van der Waals surface area (Å²) in [7, 11) is 0. The number of thiophene rings is 1. The third kappa shape index (κ3) is 5.06. The number of amides is 2. The van der Waals surface area contributed by atoms with Gasteiger partial charge in [-0.3, -0.25) is 9.59 Å². The van der Waals surface area contributed by atoms with E-state index in [-0.39, 0.29) is 5.56 Å². The maximum Gasteiger partial charge on any atom is 0.331 e. The number of primary amides is 1. The lowest BCUT2D eigenvalue weighted by Crippen LogP contribution is -2.21. The monoisotopic (exact) mass is 344 g/mol. The Bertz CT molecular complexity index is 778. The van der Waals surface area contributed by atoms with Crippen molar-refractivity contribution in [3.8, 4) is 0 Å². The predicted molar refractivity (Wildman–Crippen MR) is 92.6 cm³/mol. The molecule has 0 saturated carbocycles. The van der Waals surface area contributed by atoms with Crippen molar-refractivity contribution in [1.82, 2.24) is 0 Å². The number of hydrogen-bond acceptors (Lipinski definition) is 5. The van der Waals surface area contributed by atoms with Gasteiger partial charge in [-0.15, -0.1) is 11.3 Å². The number of nitrogens with two attached hydrogens (primary N) is 1. The lowest BCUT2D eigenvalue weighted by molar-refractivity contribution is -0.142. The highest BCUT2D eigenvalue weighted by atomic mass is 32.1. The summed E-state index contributed by atoms with van der Waals surface area (Å²) in [6.45, 7) is 1.52. The number of esters is 1. The summed E-state index contributed by atoms with van der Waals surface area (Å²) in [5, 5.41) is 4.45. The van der Waals surface area contributed by atoms with Gasteiger partial charge in [0.2, 0.25) is 0 Å². The Balaban J connectivity index is 1.82. The molecule has 0 saturated heterocycles. The van der Waals surface area contributed by atoms with Crippen molar-refractivity contribution in [1.29, 1.82) is 0 Å². The molecule has 2 aromatic rings. The molecule has 7 heteroatoms. The highest BCUT2D eigenvalue weighted by Gasteiger charge is 2.13. The second kappa shape index (κ2) is 8.07. The molecule has 2 rings (SSSR count). The van der Waals surface area contributed by atoms with Crippen LogP contribution in [0.3, 0.4) is 0 Å². The molecule has 2 amide bonds. The lowest BCUT2D eigenvalue weighted by Gasteiger charge is -2.04. The molecule has 0 fully saturated rings. The molecule has 1 heterocycles. The van der Waals surface area contributed by atoms with Crippen LogP contribution in [0.5, 0.6) is 0 Å². The van der Waals surface area contributed by atoms with Gasteiger partial charge in [0.25, 0.3) is 11.8 Å². The van der Waals surface area contributed by atoms with E-state index in [4.69, 9.17) is 10.5 Å². The van der Waals surface area contributed by atoms with E-state index in [1.807, 2.05) is 31.2 Å². The van der Waals surface area contributed by atoms with Crippen LogP contribution < -0.4 is 11.1 Å². The van der Waals surface area contributed by atoms with Gasteiger partial charge in [-0.2, -0.15) is 0 Å². The fourth-order valence-corrected chi connectivity index (χ4v) is 2.60. The SMILES string of the molecule is Cc1ccc(/C=C/C(=O)OCC(=O)Nc2sccc2C(N)=O)cc1. The zero-order chi connectivity index (χ0) is 17.5. The Morgan fingerprint density at radius 2 is 1.92 bits per heavy atom. The number of carbonyl (C=O) groups excluding carboxylic acids is 3.